The Bertz CT molecular complexity index is 285. The molecule has 0 aromatic rings. The predicted octanol–water partition coefficient (Wildman–Crippen LogP) is 1.38. The van der Waals surface area contributed by atoms with Gasteiger partial charge in [-0.3, -0.25) is 4.90 Å². The van der Waals surface area contributed by atoms with Crippen molar-refractivity contribution < 1.29 is 9.84 Å². The topological polar surface area (TPSA) is 44.7 Å². The molecule has 0 spiro atoms. The minimum Gasteiger partial charge on any atom is -0.394 e. The van der Waals surface area contributed by atoms with Crippen LogP contribution in [0, 0.1) is 0 Å². The maximum absolute atomic E-state index is 9.65. The Morgan fingerprint density at radius 1 is 1.42 bits per heavy atom. The van der Waals surface area contributed by atoms with Gasteiger partial charge in [0.25, 0.3) is 0 Å². The van der Waals surface area contributed by atoms with Crippen molar-refractivity contribution in [2.75, 3.05) is 26.3 Å². The number of ether oxygens (including phenoxy) is 1. The minimum absolute atomic E-state index is 0.166. The van der Waals surface area contributed by atoms with Gasteiger partial charge in [0.15, 0.2) is 0 Å². The van der Waals surface area contributed by atoms with Crippen molar-refractivity contribution in [2.24, 2.45) is 0 Å². The number of aliphatic hydroxyl groups excluding tert-OH is 1. The molecule has 2 rings (SSSR count). The Labute approximate surface area is 117 Å². The van der Waals surface area contributed by atoms with E-state index < -0.39 is 0 Å². The fourth-order valence-electron chi connectivity index (χ4n) is 3.57. The van der Waals surface area contributed by atoms with Crippen molar-refractivity contribution in [2.45, 2.75) is 70.2 Å². The van der Waals surface area contributed by atoms with Crippen molar-refractivity contribution in [1.82, 2.24) is 10.2 Å². The van der Waals surface area contributed by atoms with Gasteiger partial charge in [-0.15, -0.1) is 0 Å². The van der Waals surface area contributed by atoms with Crippen LogP contribution in [0.4, 0.5) is 0 Å². The van der Waals surface area contributed by atoms with Crippen LogP contribution in [0.1, 0.15) is 46.5 Å². The van der Waals surface area contributed by atoms with Crippen LogP contribution in [0.25, 0.3) is 0 Å². The smallest absolute Gasteiger partial charge is 0.0730 e. The molecule has 2 aliphatic rings. The highest BCUT2D eigenvalue weighted by Gasteiger charge is 2.36. The van der Waals surface area contributed by atoms with Crippen LogP contribution in [0.2, 0.25) is 0 Å². The number of fused-ring (bicyclic) bond motifs is 1. The van der Waals surface area contributed by atoms with Gasteiger partial charge in [0.2, 0.25) is 0 Å². The molecule has 2 N–H and O–H groups in total. The van der Waals surface area contributed by atoms with E-state index in [1.807, 2.05) is 0 Å². The third-order valence-corrected chi connectivity index (χ3v) is 4.53. The molecule has 3 atom stereocenters. The summed E-state index contributed by atoms with van der Waals surface area (Å²) in [4.78, 5) is 2.58. The van der Waals surface area contributed by atoms with Gasteiger partial charge in [-0.05, 0) is 32.6 Å². The van der Waals surface area contributed by atoms with E-state index in [4.69, 9.17) is 4.74 Å². The number of rotatable bonds is 6. The maximum atomic E-state index is 9.65. The largest absolute Gasteiger partial charge is 0.394 e. The Balaban J connectivity index is 1.86. The highest BCUT2D eigenvalue weighted by Crippen LogP contribution is 2.30. The zero-order valence-corrected chi connectivity index (χ0v) is 12.7. The summed E-state index contributed by atoms with van der Waals surface area (Å²) in [6, 6.07) is 1.02. The van der Waals surface area contributed by atoms with E-state index in [2.05, 4.69) is 31.0 Å². The molecule has 112 valence electrons. The standard InChI is InChI=1S/C15H30N2O2/c1-12(2)16-15(3,11-18)7-8-17-9-10-19-14-6-4-5-13(14)17/h12-14,16,18H,4-11H2,1-3H3. The molecule has 0 bridgehead atoms. The zero-order chi connectivity index (χ0) is 13.9. The van der Waals surface area contributed by atoms with Gasteiger partial charge < -0.3 is 15.2 Å². The Morgan fingerprint density at radius 3 is 2.89 bits per heavy atom. The molecule has 0 amide bonds. The summed E-state index contributed by atoms with van der Waals surface area (Å²) in [5.74, 6) is 0. The first-order valence-corrected chi connectivity index (χ1v) is 7.78. The summed E-state index contributed by atoms with van der Waals surface area (Å²) < 4.78 is 5.85. The van der Waals surface area contributed by atoms with Gasteiger partial charge >= 0.3 is 0 Å². The van der Waals surface area contributed by atoms with E-state index in [0.29, 0.717) is 18.2 Å². The van der Waals surface area contributed by atoms with E-state index in [-0.39, 0.29) is 12.1 Å². The monoisotopic (exact) mass is 270 g/mol. The van der Waals surface area contributed by atoms with Crippen LogP contribution < -0.4 is 5.32 Å². The summed E-state index contributed by atoms with van der Waals surface area (Å²) in [5, 5.41) is 13.1. The van der Waals surface area contributed by atoms with E-state index >= 15 is 0 Å². The molecule has 0 aromatic heterocycles. The molecule has 4 nitrogen and oxygen atoms in total. The zero-order valence-electron chi connectivity index (χ0n) is 12.7. The number of nitrogens with one attached hydrogen (secondary N) is 1. The molecule has 1 saturated carbocycles. The average molecular weight is 270 g/mol. The summed E-state index contributed by atoms with van der Waals surface area (Å²) >= 11 is 0. The van der Waals surface area contributed by atoms with Gasteiger partial charge in [0.05, 0.1) is 19.3 Å². The summed E-state index contributed by atoms with van der Waals surface area (Å²) in [6.07, 6.45) is 5.26. The highest BCUT2D eigenvalue weighted by molar-refractivity contribution is 4.92. The second kappa shape index (κ2) is 6.53. The van der Waals surface area contributed by atoms with E-state index in [1.54, 1.807) is 0 Å². The lowest BCUT2D eigenvalue weighted by molar-refractivity contribution is -0.0585. The molecule has 2 fully saturated rings. The molecule has 1 saturated heterocycles. The second-order valence-electron chi connectivity index (χ2n) is 6.71. The predicted molar refractivity (Wildman–Crippen MR) is 77.3 cm³/mol. The van der Waals surface area contributed by atoms with Gasteiger partial charge in [-0.25, -0.2) is 0 Å². The summed E-state index contributed by atoms with van der Waals surface area (Å²) in [6.45, 7) is 9.56. The summed E-state index contributed by atoms with van der Waals surface area (Å²) in [5.41, 5.74) is -0.166. The van der Waals surface area contributed by atoms with Crippen LogP contribution in [-0.2, 0) is 4.74 Å². The van der Waals surface area contributed by atoms with E-state index in [1.165, 1.54) is 19.3 Å². The van der Waals surface area contributed by atoms with Crippen LogP contribution in [0.5, 0.6) is 0 Å². The number of aliphatic hydroxyl groups is 1. The van der Waals surface area contributed by atoms with Crippen molar-refractivity contribution in [3.8, 4) is 0 Å². The van der Waals surface area contributed by atoms with Crippen LogP contribution in [0.3, 0.4) is 0 Å². The Kier molecular flexibility index (Phi) is 5.23. The summed E-state index contributed by atoms with van der Waals surface area (Å²) in [7, 11) is 0. The second-order valence-corrected chi connectivity index (χ2v) is 6.71. The van der Waals surface area contributed by atoms with Crippen LogP contribution >= 0.6 is 0 Å². The molecule has 0 aromatic carbocycles. The van der Waals surface area contributed by atoms with Gasteiger partial charge in [-0.2, -0.15) is 0 Å². The van der Waals surface area contributed by atoms with Gasteiger partial charge in [0, 0.05) is 30.7 Å². The number of hydrogen-bond donors (Lipinski definition) is 2. The molecule has 1 aliphatic carbocycles. The van der Waals surface area contributed by atoms with Crippen molar-refractivity contribution in [3.63, 3.8) is 0 Å². The molecule has 4 heteroatoms. The normalized spacial score (nSPS) is 31.4. The fourth-order valence-corrected chi connectivity index (χ4v) is 3.57. The van der Waals surface area contributed by atoms with Crippen molar-refractivity contribution in [1.29, 1.82) is 0 Å². The van der Waals surface area contributed by atoms with Crippen molar-refractivity contribution in [3.05, 3.63) is 0 Å². The van der Waals surface area contributed by atoms with Gasteiger partial charge in [0.1, 0.15) is 0 Å². The lowest BCUT2D eigenvalue weighted by Gasteiger charge is -2.40. The number of hydrogen-bond acceptors (Lipinski definition) is 4. The highest BCUT2D eigenvalue weighted by atomic mass is 16.5. The SMILES string of the molecule is CC(C)NC(C)(CO)CCN1CCOC2CCCC21. The first kappa shape index (κ1) is 15.2. The Morgan fingerprint density at radius 2 is 2.21 bits per heavy atom. The number of nitrogens with zero attached hydrogens (tertiary/aromatic N) is 1. The molecular weight excluding hydrogens is 240 g/mol. The lowest BCUT2D eigenvalue weighted by Crippen LogP contribution is -2.54. The average Bonchev–Trinajstić information content (AvgIpc) is 2.84. The third-order valence-electron chi connectivity index (χ3n) is 4.53. The molecule has 19 heavy (non-hydrogen) atoms. The molecular formula is C15H30N2O2. The maximum Gasteiger partial charge on any atom is 0.0730 e. The first-order valence-electron chi connectivity index (χ1n) is 7.78. The Hall–Kier alpha value is -0.160. The van der Waals surface area contributed by atoms with Crippen LogP contribution in [-0.4, -0.2) is 60.0 Å². The lowest BCUT2D eigenvalue weighted by atomic mass is 9.96. The van der Waals surface area contributed by atoms with Crippen molar-refractivity contribution >= 4 is 0 Å². The molecule has 1 heterocycles. The fraction of sp³-hybridized carbons (Fsp3) is 1.00. The molecule has 3 unspecified atom stereocenters. The van der Waals surface area contributed by atoms with Gasteiger partial charge in [-0.1, -0.05) is 13.8 Å². The molecule has 0 radical (unpaired) electrons. The quantitative estimate of drug-likeness (QED) is 0.765. The molecule has 1 aliphatic heterocycles. The number of morpholine rings is 1. The third kappa shape index (κ3) is 3.91. The van der Waals surface area contributed by atoms with E-state index in [9.17, 15) is 5.11 Å². The first-order chi connectivity index (χ1) is 9.04. The minimum atomic E-state index is -0.166. The van der Waals surface area contributed by atoms with E-state index in [0.717, 1.165) is 26.1 Å². The van der Waals surface area contributed by atoms with Crippen LogP contribution in [0.15, 0.2) is 0 Å².